The van der Waals surface area contributed by atoms with Crippen LogP contribution in [0.2, 0.25) is 0 Å². The molecule has 1 amide bonds. The van der Waals surface area contributed by atoms with Gasteiger partial charge < -0.3 is 14.8 Å². The molecule has 0 saturated carbocycles. The number of rotatable bonds is 11. The highest BCUT2D eigenvalue weighted by atomic mass is 127. The summed E-state index contributed by atoms with van der Waals surface area (Å²) in [6.07, 6.45) is 3.24. The van der Waals surface area contributed by atoms with Crippen LogP contribution in [0.25, 0.3) is 6.08 Å². The van der Waals surface area contributed by atoms with Gasteiger partial charge >= 0.3 is 0 Å². The van der Waals surface area contributed by atoms with Crippen LogP contribution < -0.4 is 14.8 Å². The van der Waals surface area contributed by atoms with E-state index in [4.69, 9.17) is 9.47 Å². The van der Waals surface area contributed by atoms with E-state index in [1.165, 1.54) is 9.13 Å². The molecule has 0 unspecified atom stereocenters. The zero-order valence-corrected chi connectivity index (χ0v) is 21.2. The minimum atomic E-state index is -0.382. The van der Waals surface area contributed by atoms with Crippen LogP contribution in [0.15, 0.2) is 78.4 Å². The lowest BCUT2D eigenvalue weighted by Crippen LogP contribution is -2.25. The third kappa shape index (κ3) is 7.92. The maximum atomic E-state index is 12.5. The van der Waals surface area contributed by atoms with Crippen molar-refractivity contribution in [1.29, 1.82) is 5.26 Å². The Labute approximate surface area is 214 Å². The standard InChI is InChI=1S/C28H27IN2O3/c1-2-33-27-18-23(12-15-26(27)34-20-22-10-13-25(29)14-11-22)17-24(19-30)28(32)31-16-6-9-21-7-4-3-5-8-21/h3-5,7-8,10-15,17-18H,2,6,9,16,20H2,1H3,(H,31,32)/b24-17-. The molecule has 0 aromatic heterocycles. The van der Waals surface area contributed by atoms with Crippen molar-refractivity contribution in [3.8, 4) is 17.6 Å². The summed E-state index contributed by atoms with van der Waals surface area (Å²) in [7, 11) is 0. The van der Waals surface area contributed by atoms with Gasteiger partial charge in [-0.1, -0.05) is 48.5 Å². The average molecular weight is 566 g/mol. The van der Waals surface area contributed by atoms with Crippen molar-refractivity contribution in [2.24, 2.45) is 0 Å². The Balaban J connectivity index is 1.62. The van der Waals surface area contributed by atoms with Crippen molar-refractivity contribution in [2.45, 2.75) is 26.4 Å². The monoisotopic (exact) mass is 566 g/mol. The number of nitrogens with one attached hydrogen (secondary N) is 1. The molecule has 0 bridgehead atoms. The maximum absolute atomic E-state index is 12.5. The summed E-state index contributed by atoms with van der Waals surface area (Å²) < 4.78 is 12.9. The van der Waals surface area contributed by atoms with Gasteiger partial charge in [-0.2, -0.15) is 5.26 Å². The highest BCUT2D eigenvalue weighted by molar-refractivity contribution is 14.1. The molecular formula is C28H27IN2O3. The van der Waals surface area contributed by atoms with E-state index in [0.29, 0.717) is 36.8 Å². The molecule has 0 aliphatic heterocycles. The smallest absolute Gasteiger partial charge is 0.261 e. The SMILES string of the molecule is CCOc1cc(/C=C(/C#N)C(=O)NCCCc2ccccc2)ccc1OCc1ccc(I)cc1. The number of amides is 1. The molecule has 0 aliphatic rings. The number of hydrogen-bond donors (Lipinski definition) is 1. The van der Waals surface area contributed by atoms with Gasteiger partial charge in [-0.3, -0.25) is 4.79 Å². The number of carbonyl (C=O) groups is 1. The number of hydrogen-bond acceptors (Lipinski definition) is 4. The first kappa shape index (κ1) is 25.3. The van der Waals surface area contributed by atoms with Crippen LogP contribution in [-0.2, 0) is 17.8 Å². The molecule has 34 heavy (non-hydrogen) atoms. The number of nitrogens with zero attached hydrogens (tertiary/aromatic N) is 1. The van der Waals surface area contributed by atoms with Crippen molar-refractivity contribution >= 4 is 34.6 Å². The van der Waals surface area contributed by atoms with E-state index >= 15 is 0 Å². The van der Waals surface area contributed by atoms with Crippen LogP contribution >= 0.6 is 22.6 Å². The minimum Gasteiger partial charge on any atom is -0.490 e. The van der Waals surface area contributed by atoms with Gasteiger partial charge in [-0.15, -0.1) is 0 Å². The third-order valence-electron chi connectivity index (χ3n) is 5.02. The molecule has 0 fully saturated rings. The van der Waals surface area contributed by atoms with E-state index in [1.807, 2.05) is 61.5 Å². The predicted molar refractivity (Wildman–Crippen MR) is 142 cm³/mol. The third-order valence-corrected chi connectivity index (χ3v) is 5.74. The number of benzene rings is 3. The second kappa shape index (κ2) is 13.4. The highest BCUT2D eigenvalue weighted by Crippen LogP contribution is 2.30. The lowest BCUT2D eigenvalue weighted by Gasteiger charge is -2.13. The first-order valence-electron chi connectivity index (χ1n) is 11.2. The molecule has 1 N–H and O–H groups in total. The molecule has 0 radical (unpaired) electrons. The molecular weight excluding hydrogens is 539 g/mol. The van der Waals surface area contributed by atoms with E-state index in [2.05, 4.69) is 40.0 Å². The first-order chi connectivity index (χ1) is 16.6. The molecule has 174 valence electrons. The van der Waals surface area contributed by atoms with Crippen molar-refractivity contribution in [3.05, 3.63) is 98.6 Å². The van der Waals surface area contributed by atoms with E-state index in [1.54, 1.807) is 18.2 Å². The number of nitriles is 1. The molecule has 3 aromatic carbocycles. The molecule has 0 atom stereocenters. The second-order valence-electron chi connectivity index (χ2n) is 7.57. The Morgan fingerprint density at radius 3 is 2.47 bits per heavy atom. The number of carbonyl (C=O) groups excluding carboxylic acids is 1. The van der Waals surface area contributed by atoms with Crippen LogP contribution in [0, 0.1) is 14.9 Å². The number of halogens is 1. The van der Waals surface area contributed by atoms with Crippen LogP contribution in [0.1, 0.15) is 30.0 Å². The van der Waals surface area contributed by atoms with Gasteiger partial charge in [0.15, 0.2) is 11.5 Å². The van der Waals surface area contributed by atoms with E-state index in [9.17, 15) is 10.1 Å². The summed E-state index contributed by atoms with van der Waals surface area (Å²) in [5.41, 5.74) is 3.03. The molecule has 6 heteroatoms. The minimum absolute atomic E-state index is 0.0507. The van der Waals surface area contributed by atoms with Crippen LogP contribution in [-0.4, -0.2) is 19.1 Å². The lowest BCUT2D eigenvalue weighted by atomic mass is 10.1. The number of ether oxygens (including phenoxy) is 2. The topological polar surface area (TPSA) is 71.3 Å². The lowest BCUT2D eigenvalue weighted by molar-refractivity contribution is -0.117. The zero-order valence-electron chi connectivity index (χ0n) is 19.1. The van der Waals surface area contributed by atoms with Gasteiger partial charge in [0.2, 0.25) is 0 Å². The van der Waals surface area contributed by atoms with Gasteiger partial charge in [0.05, 0.1) is 6.61 Å². The Bertz CT molecular complexity index is 1150. The zero-order chi connectivity index (χ0) is 24.2. The summed E-state index contributed by atoms with van der Waals surface area (Å²) in [6.45, 7) is 3.29. The van der Waals surface area contributed by atoms with Crippen molar-refractivity contribution in [1.82, 2.24) is 5.32 Å². The average Bonchev–Trinajstić information content (AvgIpc) is 2.86. The molecule has 0 saturated heterocycles. The molecule has 3 rings (SSSR count). The summed E-state index contributed by atoms with van der Waals surface area (Å²) in [6, 6.07) is 25.6. The van der Waals surface area contributed by atoms with Crippen molar-refractivity contribution < 1.29 is 14.3 Å². The van der Waals surface area contributed by atoms with Gasteiger partial charge in [0.25, 0.3) is 5.91 Å². The van der Waals surface area contributed by atoms with E-state index in [0.717, 1.165) is 18.4 Å². The fraction of sp³-hybridized carbons (Fsp3) is 0.214. The Hall–Kier alpha value is -3.31. The van der Waals surface area contributed by atoms with Gasteiger partial charge in [-0.05, 0) is 89.4 Å². The summed E-state index contributed by atoms with van der Waals surface area (Å²) in [4.78, 5) is 12.5. The van der Waals surface area contributed by atoms with Gasteiger partial charge in [-0.25, -0.2) is 0 Å². The fourth-order valence-corrected chi connectivity index (χ4v) is 3.65. The fourth-order valence-electron chi connectivity index (χ4n) is 3.29. The Kier molecular flexibility index (Phi) is 9.98. The van der Waals surface area contributed by atoms with E-state index in [-0.39, 0.29) is 11.5 Å². The van der Waals surface area contributed by atoms with Crippen LogP contribution in [0.3, 0.4) is 0 Å². The summed E-state index contributed by atoms with van der Waals surface area (Å²) >= 11 is 2.27. The van der Waals surface area contributed by atoms with Gasteiger partial charge in [0.1, 0.15) is 18.2 Å². The summed E-state index contributed by atoms with van der Waals surface area (Å²) in [5.74, 6) is 0.802. The molecule has 3 aromatic rings. The normalized spacial score (nSPS) is 10.9. The molecule has 0 aliphatic carbocycles. The summed E-state index contributed by atoms with van der Waals surface area (Å²) in [5, 5.41) is 12.3. The van der Waals surface area contributed by atoms with Gasteiger partial charge in [0, 0.05) is 10.1 Å². The molecule has 0 heterocycles. The van der Waals surface area contributed by atoms with E-state index < -0.39 is 0 Å². The Morgan fingerprint density at radius 2 is 1.76 bits per heavy atom. The molecule has 0 spiro atoms. The first-order valence-corrected chi connectivity index (χ1v) is 12.2. The second-order valence-corrected chi connectivity index (χ2v) is 8.81. The largest absolute Gasteiger partial charge is 0.490 e. The van der Waals surface area contributed by atoms with Crippen LogP contribution in [0.4, 0.5) is 0 Å². The predicted octanol–water partition coefficient (Wildman–Crippen LogP) is 5.92. The number of aryl methyl sites for hydroxylation is 1. The maximum Gasteiger partial charge on any atom is 0.261 e. The Morgan fingerprint density at radius 1 is 1.00 bits per heavy atom. The molecule has 5 nitrogen and oxygen atoms in total. The van der Waals surface area contributed by atoms with Crippen LogP contribution in [0.5, 0.6) is 11.5 Å². The van der Waals surface area contributed by atoms with Crippen molar-refractivity contribution in [3.63, 3.8) is 0 Å². The highest BCUT2D eigenvalue weighted by Gasteiger charge is 2.11. The quantitative estimate of drug-likeness (QED) is 0.135. The van der Waals surface area contributed by atoms with Crippen molar-refractivity contribution in [2.75, 3.05) is 13.2 Å².